The van der Waals surface area contributed by atoms with Gasteiger partial charge in [-0.05, 0) is 30.0 Å². The lowest BCUT2D eigenvalue weighted by molar-refractivity contribution is 1.32. The molecule has 64 valence electrons. The van der Waals surface area contributed by atoms with E-state index in [0.717, 1.165) is 26.1 Å². The van der Waals surface area contributed by atoms with Crippen LogP contribution in [0.1, 0.15) is 11.1 Å². The number of hydrogen-bond acceptors (Lipinski definition) is 3. The summed E-state index contributed by atoms with van der Waals surface area (Å²) in [5.41, 5.74) is 1.69. The van der Waals surface area contributed by atoms with E-state index in [1.165, 1.54) is 0 Å². The molecule has 0 bridgehead atoms. The largest absolute Gasteiger partial charge is 0.192 e. The SMILES string of the molecule is Cc1c(C#N)cc2sccc2c1S. The van der Waals surface area contributed by atoms with Crippen LogP contribution in [0.4, 0.5) is 0 Å². The van der Waals surface area contributed by atoms with Crippen LogP contribution in [0.25, 0.3) is 10.1 Å². The van der Waals surface area contributed by atoms with Crippen molar-refractivity contribution in [3.05, 3.63) is 28.6 Å². The third kappa shape index (κ3) is 1.23. The second-order valence-electron chi connectivity index (χ2n) is 2.84. The van der Waals surface area contributed by atoms with Crippen LogP contribution in [-0.4, -0.2) is 0 Å². The zero-order valence-electron chi connectivity index (χ0n) is 7.03. The van der Waals surface area contributed by atoms with E-state index >= 15 is 0 Å². The molecule has 0 aliphatic heterocycles. The predicted molar refractivity (Wildman–Crippen MR) is 58.5 cm³/mol. The second kappa shape index (κ2) is 3.06. The normalized spacial score (nSPS) is 10.2. The van der Waals surface area contributed by atoms with Crippen molar-refractivity contribution in [3.8, 4) is 6.07 Å². The number of rotatable bonds is 0. The van der Waals surface area contributed by atoms with Crippen molar-refractivity contribution in [2.24, 2.45) is 0 Å². The maximum atomic E-state index is 8.86. The summed E-state index contributed by atoms with van der Waals surface area (Å²) in [6.45, 7) is 1.93. The molecule has 1 nitrogen and oxygen atoms in total. The Morgan fingerprint density at radius 1 is 1.54 bits per heavy atom. The van der Waals surface area contributed by atoms with E-state index in [2.05, 4.69) is 18.7 Å². The van der Waals surface area contributed by atoms with Gasteiger partial charge in [-0.15, -0.1) is 24.0 Å². The summed E-state index contributed by atoms with van der Waals surface area (Å²) < 4.78 is 1.13. The lowest BCUT2D eigenvalue weighted by atomic mass is 10.1. The van der Waals surface area contributed by atoms with Crippen LogP contribution < -0.4 is 0 Å². The summed E-state index contributed by atoms with van der Waals surface area (Å²) in [4.78, 5) is 0.926. The fraction of sp³-hybridized carbons (Fsp3) is 0.100. The molecule has 0 atom stereocenters. The molecule has 13 heavy (non-hydrogen) atoms. The van der Waals surface area contributed by atoms with Crippen LogP contribution in [0.5, 0.6) is 0 Å². The van der Waals surface area contributed by atoms with Crippen LogP contribution in [0.15, 0.2) is 22.4 Å². The Hall–Kier alpha value is -0.980. The van der Waals surface area contributed by atoms with Crippen molar-refractivity contribution in [1.82, 2.24) is 0 Å². The molecule has 0 N–H and O–H groups in total. The summed E-state index contributed by atoms with van der Waals surface area (Å²) in [5.74, 6) is 0. The van der Waals surface area contributed by atoms with E-state index in [-0.39, 0.29) is 0 Å². The van der Waals surface area contributed by atoms with Gasteiger partial charge in [-0.25, -0.2) is 0 Å². The topological polar surface area (TPSA) is 23.8 Å². The third-order valence-corrected chi connectivity index (χ3v) is 3.55. The molecule has 0 radical (unpaired) electrons. The first-order chi connectivity index (χ1) is 6.24. The Morgan fingerprint density at radius 3 is 3.00 bits per heavy atom. The average molecular weight is 205 g/mol. The first-order valence-corrected chi connectivity index (χ1v) is 5.16. The highest BCUT2D eigenvalue weighted by atomic mass is 32.1. The van der Waals surface area contributed by atoms with Gasteiger partial charge in [0.2, 0.25) is 0 Å². The number of fused-ring (bicyclic) bond motifs is 1. The molecule has 0 saturated carbocycles. The van der Waals surface area contributed by atoms with Crippen molar-refractivity contribution in [2.75, 3.05) is 0 Å². The van der Waals surface area contributed by atoms with Crippen molar-refractivity contribution >= 4 is 34.1 Å². The van der Waals surface area contributed by atoms with Crippen molar-refractivity contribution in [3.63, 3.8) is 0 Å². The van der Waals surface area contributed by atoms with Crippen LogP contribution in [0, 0.1) is 18.3 Å². The zero-order chi connectivity index (χ0) is 9.42. The van der Waals surface area contributed by atoms with Gasteiger partial charge >= 0.3 is 0 Å². The number of hydrogen-bond donors (Lipinski definition) is 1. The molecule has 0 aliphatic carbocycles. The van der Waals surface area contributed by atoms with Crippen molar-refractivity contribution in [1.29, 1.82) is 5.26 Å². The zero-order valence-corrected chi connectivity index (χ0v) is 8.75. The van der Waals surface area contributed by atoms with Crippen molar-refractivity contribution in [2.45, 2.75) is 11.8 Å². The Labute approximate surface area is 86.0 Å². The van der Waals surface area contributed by atoms with E-state index in [9.17, 15) is 0 Å². The first kappa shape index (κ1) is 8.61. The number of thiol groups is 1. The minimum atomic E-state index is 0.722. The van der Waals surface area contributed by atoms with Crippen molar-refractivity contribution < 1.29 is 0 Å². The van der Waals surface area contributed by atoms with E-state index in [1.54, 1.807) is 11.3 Å². The maximum Gasteiger partial charge on any atom is 0.0995 e. The maximum absolute atomic E-state index is 8.86. The fourth-order valence-electron chi connectivity index (χ4n) is 1.31. The quantitative estimate of drug-likeness (QED) is 0.655. The van der Waals surface area contributed by atoms with Crippen LogP contribution in [-0.2, 0) is 0 Å². The number of nitriles is 1. The van der Waals surface area contributed by atoms with E-state index in [0.29, 0.717) is 0 Å². The molecule has 2 rings (SSSR count). The van der Waals surface area contributed by atoms with Gasteiger partial charge in [0.25, 0.3) is 0 Å². The highest BCUT2D eigenvalue weighted by Crippen LogP contribution is 2.31. The molecule has 3 heteroatoms. The lowest BCUT2D eigenvalue weighted by Crippen LogP contribution is -1.83. The molecule has 0 fully saturated rings. The second-order valence-corrected chi connectivity index (χ2v) is 4.24. The molecule has 0 unspecified atom stereocenters. The molecule has 0 aliphatic rings. The monoisotopic (exact) mass is 205 g/mol. The predicted octanol–water partition coefficient (Wildman–Crippen LogP) is 3.37. The van der Waals surface area contributed by atoms with Gasteiger partial charge in [-0.2, -0.15) is 5.26 Å². The highest BCUT2D eigenvalue weighted by molar-refractivity contribution is 7.80. The summed E-state index contributed by atoms with van der Waals surface area (Å²) >= 11 is 6.05. The Morgan fingerprint density at radius 2 is 2.31 bits per heavy atom. The summed E-state index contributed by atoms with van der Waals surface area (Å²) in [6.07, 6.45) is 0. The van der Waals surface area contributed by atoms with E-state index < -0.39 is 0 Å². The molecular formula is C10H7NS2. The van der Waals surface area contributed by atoms with Gasteiger partial charge in [0.05, 0.1) is 11.6 Å². The Bertz CT molecular complexity index is 505. The number of benzene rings is 1. The van der Waals surface area contributed by atoms with E-state index in [4.69, 9.17) is 5.26 Å². The minimum absolute atomic E-state index is 0.722. The summed E-state index contributed by atoms with van der Waals surface area (Å²) in [6, 6.07) is 6.14. The van der Waals surface area contributed by atoms with Gasteiger partial charge in [0.15, 0.2) is 0 Å². The fourth-order valence-corrected chi connectivity index (χ4v) is 2.54. The molecular weight excluding hydrogens is 198 g/mol. The summed E-state index contributed by atoms with van der Waals surface area (Å²) in [7, 11) is 0. The number of nitrogens with zero attached hydrogens (tertiary/aromatic N) is 1. The summed E-state index contributed by atoms with van der Waals surface area (Å²) in [5, 5.41) is 12.0. The van der Waals surface area contributed by atoms with Crippen LogP contribution >= 0.6 is 24.0 Å². The van der Waals surface area contributed by atoms with Gasteiger partial charge in [0.1, 0.15) is 0 Å². The molecule has 0 spiro atoms. The van der Waals surface area contributed by atoms with Gasteiger partial charge < -0.3 is 0 Å². The highest BCUT2D eigenvalue weighted by Gasteiger charge is 2.07. The first-order valence-electron chi connectivity index (χ1n) is 3.84. The standard InChI is InChI=1S/C10H7NS2/c1-6-7(5-11)4-9-8(10(6)12)2-3-13-9/h2-4,12H,1H3. The number of thiophene rings is 1. The van der Waals surface area contributed by atoms with Crippen LogP contribution in [0.3, 0.4) is 0 Å². The molecule has 0 amide bonds. The van der Waals surface area contributed by atoms with Gasteiger partial charge in [-0.3, -0.25) is 0 Å². The molecule has 1 aromatic carbocycles. The average Bonchev–Trinajstić information content (AvgIpc) is 2.59. The molecule has 2 aromatic rings. The molecule has 1 heterocycles. The molecule has 1 aromatic heterocycles. The minimum Gasteiger partial charge on any atom is -0.192 e. The molecule has 0 saturated heterocycles. The lowest BCUT2D eigenvalue weighted by Gasteiger charge is -2.02. The Kier molecular flexibility index (Phi) is 2.03. The third-order valence-electron chi connectivity index (χ3n) is 2.11. The Balaban J connectivity index is 2.94. The van der Waals surface area contributed by atoms with E-state index in [1.807, 2.05) is 24.4 Å². The van der Waals surface area contributed by atoms with Gasteiger partial charge in [0, 0.05) is 15.0 Å². The van der Waals surface area contributed by atoms with Crippen LogP contribution in [0.2, 0.25) is 0 Å². The smallest absolute Gasteiger partial charge is 0.0995 e. The van der Waals surface area contributed by atoms with Gasteiger partial charge in [-0.1, -0.05) is 0 Å².